The molecule has 2 aromatic rings. The van der Waals surface area contributed by atoms with Crippen molar-refractivity contribution in [1.82, 2.24) is 0 Å². The van der Waals surface area contributed by atoms with Crippen LogP contribution < -0.4 is 0 Å². The molecule has 0 fully saturated rings. The van der Waals surface area contributed by atoms with Gasteiger partial charge in [0.25, 0.3) is 0 Å². The molecule has 0 aliphatic rings. The van der Waals surface area contributed by atoms with Gasteiger partial charge in [-0.3, -0.25) is 0 Å². The van der Waals surface area contributed by atoms with Crippen LogP contribution in [0, 0.1) is 0 Å². The van der Waals surface area contributed by atoms with E-state index in [1.165, 1.54) is 0 Å². The summed E-state index contributed by atoms with van der Waals surface area (Å²) >= 11 is 0. The Morgan fingerprint density at radius 3 is 1.23 bits per heavy atom. The number of nitrogens with zero attached hydrogens (tertiary/aromatic N) is 2. The van der Waals surface area contributed by atoms with Crippen molar-refractivity contribution in [3.63, 3.8) is 0 Å². The second kappa shape index (κ2) is 7.41. The molecule has 0 saturated carbocycles. The fraction of sp³-hybridized carbons (Fsp3) is 0.222. The predicted molar refractivity (Wildman–Crippen MR) is 89.1 cm³/mol. The molecule has 114 valence electrons. The van der Waals surface area contributed by atoms with Gasteiger partial charge in [-0.1, -0.05) is 72.7 Å². The SMILES string of the molecule is CCC(=NO)c1ccc(-c2ccc(C(CC)=NO)cc2)cc1. The van der Waals surface area contributed by atoms with Crippen LogP contribution in [0.4, 0.5) is 0 Å². The zero-order chi connectivity index (χ0) is 15.9. The maximum Gasteiger partial charge on any atom is 0.0865 e. The van der Waals surface area contributed by atoms with Gasteiger partial charge in [0.1, 0.15) is 0 Å². The molecule has 4 heteroatoms. The molecule has 0 heterocycles. The molecule has 0 aromatic heterocycles. The maximum atomic E-state index is 8.95. The van der Waals surface area contributed by atoms with E-state index < -0.39 is 0 Å². The van der Waals surface area contributed by atoms with E-state index in [-0.39, 0.29) is 0 Å². The first-order valence-corrected chi connectivity index (χ1v) is 7.36. The van der Waals surface area contributed by atoms with Crippen molar-refractivity contribution in [2.24, 2.45) is 10.3 Å². The third-order valence-electron chi connectivity index (χ3n) is 3.68. The van der Waals surface area contributed by atoms with Crippen molar-refractivity contribution >= 4 is 11.4 Å². The summed E-state index contributed by atoms with van der Waals surface area (Å²) in [6, 6.07) is 15.8. The van der Waals surface area contributed by atoms with Gasteiger partial charge < -0.3 is 10.4 Å². The van der Waals surface area contributed by atoms with Gasteiger partial charge in [-0.05, 0) is 35.1 Å². The molecular weight excluding hydrogens is 276 g/mol. The topological polar surface area (TPSA) is 65.2 Å². The lowest BCUT2D eigenvalue weighted by molar-refractivity contribution is 0.318. The van der Waals surface area contributed by atoms with Crippen LogP contribution in [0.5, 0.6) is 0 Å². The zero-order valence-corrected chi connectivity index (χ0v) is 12.8. The molecule has 0 aliphatic carbocycles. The van der Waals surface area contributed by atoms with E-state index in [0.29, 0.717) is 24.3 Å². The minimum atomic E-state index is 0.675. The lowest BCUT2D eigenvalue weighted by Crippen LogP contribution is -1.99. The second-order valence-corrected chi connectivity index (χ2v) is 4.96. The van der Waals surface area contributed by atoms with Crippen LogP contribution in [0.1, 0.15) is 37.8 Å². The smallest absolute Gasteiger partial charge is 0.0865 e. The van der Waals surface area contributed by atoms with Gasteiger partial charge in [-0.15, -0.1) is 0 Å². The molecule has 0 spiro atoms. The van der Waals surface area contributed by atoms with E-state index in [2.05, 4.69) is 10.3 Å². The van der Waals surface area contributed by atoms with Gasteiger partial charge in [0.2, 0.25) is 0 Å². The minimum absolute atomic E-state index is 0.675. The summed E-state index contributed by atoms with van der Waals surface area (Å²) in [6.07, 6.45) is 1.37. The second-order valence-electron chi connectivity index (χ2n) is 4.96. The highest BCUT2D eigenvalue weighted by atomic mass is 16.4. The van der Waals surface area contributed by atoms with Crippen molar-refractivity contribution in [2.75, 3.05) is 0 Å². The summed E-state index contributed by atoms with van der Waals surface area (Å²) in [5.41, 5.74) is 5.37. The Bertz CT molecular complexity index is 610. The number of oxime groups is 2. The van der Waals surface area contributed by atoms with E-state index in [0.717, 1.165) is 22.3 Å². The highest BCUT2D eigenvalue weighted by Crippen LogP contribution is 2.21. The van der Waals surface area contributed by atoms with Gasteiger partial charge in [0.15, 0.2) is 0 Å². The summed E-state index contributed by atoms with van der Waals surface area (Å²) in [6.45, 7) is 3.91. The minimum Gasteiger partial charge on any atom is -0.411 e. The Labute approximate surface area is 130 Å². The normalized spacial score (nSPS) is 12.5. The molecule has 0 amide bonds. The molecule has 22 heavy (non-hydrogen) atoms. The van der Waals surface area contributed by atoms with Gasteiger partial charge in [0.05, 0.1) is 11.4 Å². The molecule has 0 aliphatic heterocycles. The van der Waals surface area contributed by atoms with E-state index in [4.69, 9.17) is 10.4 Å². The molecule has 0 radical (unpaired) electrons. The molecule has 0 unspecified atom stereocenters. The van der Waals surface area contributed by atoms with Gasteiger partial charge in [-0.2, -0.15) is 0 Å². The van der Waals surface area contributed by atoms with Gasteiger partial charge in [0, 0.05) is 0 Å². The Morgan fingerprint density at radius 2 is 1.00 bits per heavy atom. The van der Waals surface area contributed by atoms with Crippen LogP contribution in [-0.4, -0.2) is 21.8 Å². The average Bonchev–Trinajstić information content (AvgIpc) is 2.58. The molecule has 0 atom stereocenters. The van der Waals surface area contributed by atoms with E-state index >= 15 is 0 Å². The van der Waals surface area contributed by atoms with Crippen LogP contribution in [-0.2, 0) is 0 Å². The lowest BCUT2D eigenvalue weighted by Gasteiger charge is -2.07. The third-order valence-corrected chi connectivity index (χ3v) is 3.68. The average molecular weight is 296 g/mol. The standard InChI is InChI=1S/C18H20N2O2/c1-3-17(19-21)15-9-5-13(6-10-15)14-7-11-16(12-8-14)18(4-2)20-22/h5-12,21-22H,3-4H2,1-2H3. The summed E-state index contributed by atoms with van der Waals surface area (Å²) in [7, 11) is 0. The van der Waals surface area contributed by atoms with Crippen LogP contribution in [0.3, 0.4) is 0 Å². The summed E-state index contributed by atoms with van der Waals surface area (Å²) in [5.74, 6) is 0. The van der Waals surface area contributed by atoms with E-state index in [9.17, 15) is 0 Å². The largest absolute Gasteiger partial charge is 0.411 e. The number of rotatable bonds is 5. The third kappa shape index (κ3) is 3.34. The van der Waals surface area contributed by atoms with Gasteiger partial charge >= 0.3 is 0 Å². The molecule has 0 saturated heterocycles. The first-order chi connectivity index (χ1) is 10.7. The highest BCUT2D eigenvalue weighted by molar-refractivity contribution is 6.01. The van der Waals surface area contributed by atoms with Crippen molar-refractivity contribution in [3.8, 4) is 11.1 Å². The Hall–Kier alpha value is -2.62. The lowest BCUT2D eigenvalue weighted by atomic mass is 9.99. The van der Waals surface area contributed by atoms with Gasteiger partial charge in [-0.25, -0.2) is 0 Å². The molecular formula is C18H20N2O2. The van der Waals surface area contributed by atoms with Crippen molar-refractivity contribution < 1.29 is 10.4 Å². The van der Waals surface area contributed by atoms with Crippen LogP contribution in [0.25, 0.3) is 11.1 Å². The van der Waals surface area contributed by atoms with Crippen molar-refractivity contribution in [1.29, 1.82) is 0 Å². The van der Waals surface area contributed by atoms with Crippen LogP contribution in [0.2, 0.25) is 0 Å². The first kappa shape index (κ1) is 15.8. The quantitative estimate of drug-likeness (QED) is 0.483. The monoisotopic (exact) mass is 296 g/mol. The Morgan fingerprint density at radius 1 is 0.682 bits per heavy atom. The van der Waals surface area contributed by atoms with Crippen LogP contribution >= 0.6 is 0 Å². The molecule has 2 aromatic carbocycles. The predicted octanol–water partition coefficient (Wildman–Crippen LogP) is 4.53. The summed E-state index contributed by atoms with van der Waals surface area (Å²) in [4.78, 5) is 0. The zero-order valence-electron chi connectivity index (χ0n) is 12.8. The van der Waals surface area contributed by atoms with E-state index in [1.807, 2.05) is 62.4 Å². The molecule has 2 N–H and O–H groups in total. The maximum absolute atomic E-state index is 8.95. The Balaban J connectivity index is 2.26. The number of hydrogen-bond donors (Lipinski definition) is 2. The highest BCUT2D eigenvalue weighted by Gasteiger charge is 2.05. The van der Waals surface area contributed by atoms with Crippen LogP contribution in [0.15, 0.2) is 58.8 Å². The number of hydrogen-bond acceptors (Lipinski definition) is 4. The molecule has 2 rings (SSSR count). The number of benzene rings is 2. The molecule has 0 bridgehead atoms. The molecule has 4 nitrogen and oxygen atoms in total. The van der Waals surface area contributed by atoms with Crippen molar-refractivity contribution in [2.45, 2.75) is 26.7 Å². The fourth-order valence-electron chi connectivity index (χ4n) is 2.38. The van der Waals surface area contributed by atoms with Crippen molar-refractivity contribution in [3.05, 3.63) is 59.7 Å². The van der Waals surface area contributed by atoms with E-state index in [1.54, 1.807) is 0 Å². The fourth-order valence-corrected chi connectivity index (χ4v) is 2.38. The summed E-state index contributed by atoms with van der Waals surface area (Å²) < 4.78 is 0. The summed E-state index contributed by atoms with van der Waals surface area (Å²) in [5, 5.41) is 24.5. The first-order valence-electron chi connectivity index (χ1n) is 7.36. The Kier molecular flexibility index (Phi) is 5.31.